The number of aromatic nitrogens is 1. The summed E-state index contributed by atoms with van der Waals surface area (Å²) in [6.45, 7) is 0.500. The third-order valence-corrected chi connectivity index (χ3v) is 2.94. The second-order valence-electron chi connectivity index (χ2n) is 4.30. The van der Waals surface area contributed by atoms with Crippen molar-refractivity contribution in [1.82, 2.24) is 4.98 Å². The predicted molar refractivity (Wildman–Crippen MR) is 77.8 cm³/mol. The molecule has 0 amide bonds. The Morgan fingerprint density at radius 3 is 2.57 bits per heavy atom. The summed E-state index contributed by atoms with van der Waals surface area (Å²) in [5, 5.41) is 0. The van der Waals surface area contributed by atoms with Gasteiger partial charge >= 0.3 is 5.97 Å². The summed E-state index contributed by atoms with van der Waals surface area (Å²) in [7, 11) is 2.82. The molecule has 0 aliphatic rings. The number of esters is 1. The number of carbonyl (C=O) groups excluding carboxylic acids is 1. The van der Waals surface area contributed by atoms with Crippen molar-refractivity contribution in [2.45, 2.75) is 6.42 Å². The van der Waals surface area contributed by atoms with Crippen molar-refractivity contribution >= 4 is 5.97 Å². The van der Waals surface area contributed by atoms with E-state index in [2.05, 4.69) is 9.72 Å². The second kappa shape index (κ2) is 7.28. The molecule has 1 aromatic carbocycles. The van der Waals surface area contributed by atoms with Crippen LogP contribution in [0.5, 0.6) is 11.5 Å². The lowest BCUT2D eigenvalue weighted by molar-refractivity contribution is 0.0593. The Morgan fingerprint density at radius 2 is 1.90 bits per heavy atom. The summed E-state index contributed by atoms with van der Waals surface area (Å²) in [6, 6.07) is 11.5. The molecule has 110 valence electrons. The standard InChI is InChI=1S/C16H17NO4/c1-19-14-10-13(16(18)20-2)17-11-15(14)21-9-8-12-6-4-3-5-7-12/h3-7,10-11H,8-9H2,1-2H3. The highest BCUT2D eigenvalue weighted by atomic mass is 16.5. The van der Waals surface area contributed by atoms with E-state index in [-0.39, 0.29) is 5.69 Å². The van der Waals surface area contributed by atoms with Gasteiger partial charge in [-0.1, -0.05) is 30.3 Å². The quantitative estimate of drug-likeness (QED) is 0.764. The third kappa shape index (κ3) is 3.95. The van der Waals surface area contributed by atoms with Crippen LogP contribution in [0, 0.1) is 0 Å². The molecule has 21 heavy (non-hydrogen) atoms. The van der Waals surface area contributed by atoms with Crippen molar-refractivity contribution in [2.75, 3.05) is 20.8 Å². The number of hydrogen-bond donors (Lipinski definition) is 0. The molecule has 0 N–H and O–H groups in total. The molecule has 2 rings (SSSR count). The maximum Gasteiger partial charge on any atom is 0.356 e. The molecule has 0 radical (unpaired) electrons. The number of ether oxygens (including phenoxy) is 3. The van der Waals surface area contributed by atoms with Crippen LogP contribution in [0.2, 0.25) is 0 Å². The summed E-state index contributed by atoms with van der Waals surface area (Å²) >= 11 is 0. The maximum absolute atomic E-state index is 11.4. The van der Waals surface area contributed by atoms with Crippen molar-refractivity contribution in [2.24, 2.45) is 0 Å². The van der Waals surface area contributed by atoms with Crippen LogP contribution in [-0.4, -0.2) is 31.8 Å². The minimum absolute atomic E-state index is 0.185. The summed E-state index contributed by atoms with van der Waals surface area (Å²) in [4.78, 5) is 15.4. The zero-order chi connectivity index (χ0) is 15.1. The Bertz CT molecular complexity index is 598. The number of methoxy groups -OCH3 is 2. The highest BCUT2D eigenvalue weighted by molar-refractivity contribution is 5.87. The molecule has 0 atom stereocenters. The van der Waals surface area contributed by atoms with E-state index in [1.165, 1.54) is 32.0 Å². The average molecular weight is 287 g/mol. The molecular formula is C16H17NO4. The highest BCUT2D eigenvalue weighted by Gasteiger charge is 2.12. The molecule has 5 nitrogen and oxygen atoms in total. The molecule has 1 aromatic heterocycles. The molecule has 0 aliphatic carbocycles. The number of carbonyl (C=O) groups is 1. The van der Waals surface area contributed by atoms with Crippen molar-refractivity contribution < 1.29 is 19.0 Å². The van der Waals surface area contributed by atoms with Crippen molar-refractivity contribution in [3.05, 3.63) is 53.9 Å². The van der Waals surface area contributed by atoms with Gasteiger partial charge in [-0.15, -0.1) is 0 Å². The molecule has 1 heterocycles. The summed E-state index contributed by atoms with van der Waals surface area (Å²) < 4.78 is 15.5. The van der Waals surface area contributed by atoms with Gasteiger partial charge in [0.1, 0.15) is 0 Å². The van der Waals surface area contributed by atoms with Gasteiger partial charge in [0.05, 0.1) is 27.0 Å². The molecule has 0 spiro atoms. The zero-order valence-electron chi connectivity index (χ0n) is 12.0. The van der Waals surface area contributed by atoms with Crippen LogP contribution in [0.3, 0.4) is 0 Å². The van der Waals surface area contributed by atoms with Crippen LogP contribution in [0.15, 0.2) is 42.6 Å². The first kappa shape index (κ1) is 14.8. The molecule has 2 aromatic rings. The first-order valence-corrected chi connectivity index (χ1v) is 6.53. The van der Waals surface area contributed by atoms with Crippen molar-refractivity contribution in [1.29, 1.82) is 0 Å². The topological polar surface area (TPSA) is 57.7 Å². The first-order chi connectivity index (χ1) is 10.2. The van der Waals surface area contributed by atoms with Gasteiger partial charge < -0.3 is 14.2 Å². The van der Waals surface area contributed by atoms with Crippen LogP contribution >= 0.6 is 0 Å². The van der Waals surface area contributed by atoms with E-state index in [1.54, 1.807) is 0 Å². The van der Waals surface area contributed by atoms with E-state index in [9.17, 15) is 4.79 Å². The van der Waals surface area contributed by atoms with E-state index >= 15 is 0 Å². The molecule has 0 bridgehead atoms. The lowest BCUT2D eigenvalue weighted by atomic mass is 10.2. The van der Waals surface area contributed by atoms with Gasteiger partial charge in [0.15, 0.2) is 17.2 Å². The zero-order valence-corrected chi connectivity index (χ0v) is 12.0. The van der Waals surface area contributed by atoms with E-state index in [1.807, 2.05) is 30.3 Å². The normalized spacial score (nSPS) is 10.0. The number of rotatable bonds is 6. The molecule has 0 saturated heterocycles. The fourth-order valence-corrected chi connectivity index (χ4v) is 1.83. The number of nitrogens with zero attached hydrogens (tertiary/aromatic N) is 1. The lowest BCUT2D eigenvalue weighted by Crippen LogP contribution is -2.07. The SMILES string of the molecule is COC(=O)c1cc(OC)c(OCCc2ccccc2)cn1. The van der Waals surface area contributed by atoms with E-state index in [0.717, 1.165) is 6.42 Å². The van der Waals surface area contributed by atoms with Crippen LogP contribution in [0.1, 0.15) is 16.1 Å². The Balaban J connectivity index is 2.01. The largest absolute Gasteiger partial charge is 0.493 e. The summed E-state index contributed by atoms with van der Waals surface area (Å²) in [5.74, 6) is 0.448. The van der Waals surface area contributed by atoms with Gasteiger partial charge in [0.25, 0.3) is 0 Å². The van der Waals surface area contributed by atoms with Crippen LogP contribution < -0.4 is 9.47 Å². The number of benzene rings is 1. The highest BCUT2D eigenvalue weighted by Crippen LogP contribution is 2.26. The monoisotopic (exact) mass is 287 g/mol. The van der Waals surface area contributed by atoms with Crippen molar-refractivity contribution in [3.63, 3.8) is 0 Å². The van der Waals surface area contributed by atoms with E-state index < -0.39 is 5.97 Å². The Morgan fingerprint density at radius 1 is 1.14 bits per heavy atom. The Kier molecular flexibility index (Phi) is 5.15. The van der Waals surface area contributed by atoms with Crippen LogP contribution in [0.25, 0.3) is 0 Å². The number of hydrogen-bond acceptors (Lipinski definition) is 5. The first-order valence-electron chi connectivity index (χ1n) is 6.53. The number of pyridine rings is 1. The average Bonchev–Trinajstić information content (AvgIpc) is 2.55. The maximum atomic E-state index is 11.4. The molecule has 0 aliphatic heterocycles. The van der Waals surface area contributed by atoms with E-state index in [0.29, 0.717) is 18.1 Å². The molecular weight excluding hydrogens is 270 g/mol. The Labute approximate surface area is 123 Å². The van der Waals surface area contributed by atoms with Gasteiger partial charge in [-0.2, -0.15) is 0 Å². The van der Waals surface area contributed by atoms with Gasteiger partial charge in [-0.25, -0.2) is 9.78 Å². The van der Waals surface area contributed by atoms with Gasteiger partial charge in [0, 0.05) is 12.5 Å². The molecule has 0 saturated carbocycles. The fourth-order valence-electron chi connectivity index (χ4n) is 1.83. The predicted octanol–water partition coefficient (Wildman–Crippen LogP) is 2.50. The van der Waals surface area contributed by atoms with Gasteiger partial charge in [-0.05, 0) is 5.56 Å². The summed E-state index contributed by atoms with van der Waals surface area (Å²) in [5.41, 5.74) is 1.38. The smallest absolute Gasteiger partial charge is 0.356 e. The molecule has 0 fully saturated rings. The second-order valence-corrected chi connectivity index (χ2v) is 4.30. The Hall–Kier alpha value is -2.56. The minimum atomic E-state index is -0.510. The van der Waals surface area contributed by atoms with Crippen LogP contribution in [-0.2, 0) is 11.2 Å². The van der Waals surface area contributed by atoms with Crippen LogP contribution in [0.4, 0.5) is 0 Å². The lowest BCUT2D eigenvalue weighted by Gasteiger charge is -2.11. The molecule has 0 unspecified atom stereocenters. The summed E-state index contributed by atoms with van der Waals surface area (Å²) in [6.07, 6.45) is 2.25. The van der Waals surface area contributed by atoms with Crippen molar-refractivity contribution in [3.8, 4) is 11.5 Å². The minimum Gasteiger partial charge on any atom is -0.493 e. The molecule has 5 heteroatoms. The van der Waals surface area contributed by atoms with E-state index in [4.69, 9.17) is 9.47 Å². The fraction of sp³-hybridized carbons (Fsp3) is 0.250. The van der Waals surface area contributed by atoms with Gasteiger partial charge in [-0.3, -0.25) is 0 Å². The van der Waals surface area contributed by atoms with Gasteiger partial charge in [0.2, 0.25) is 0 Å². The third-order valence-electron chi connectivity index (χ3n) is 2.94.